The Kier molecular flexibility index (Phi) is 2.30. The van der Waals surface area contributed by atoms with Crippen molar-refractivity contribution in [2.45, 2.75) is 33.3 Å². The first-order valence-corrected chi connectivity index (χ1v) is 5.72. The average Bonchev–Trinajstić information content (AvgIpc) is 2.59. The molecule has 2 fully saturated rings. The van der Waals surface area contributed by atoms with E-state index in [1.165, 1.54) is 0 Å². The summed E-state index contributed by atoms with van der Waals surface area (Å²) in [6, 6.07) is 0. The smallest absolute Gasteiger partial charge is 0.410 e. The van der Waals surface area contributed by atoms with Crippen LogP contribution in [-0.2, 0) is 9.53 Å². The molecule has 4 nitrogen and oxygen atoms in total. The normalized spacial score (nSPS) is 36.9. The average molecular weight is 225 g/mol. The number of amides is 1. The van der Waals surface area contributed by atoms with Gasteiger partial charge in [-0.25, -0.2) is 4.79 Å². The fraction of sp³-hybridized carbons (Fsp3) is 0.833. The van der Waals surface area contributed by atoms with Crippen LogP contribution >= 0.6 is 0 Å². The lowest BCUT2D eigenvalue weighted by Gasteiger charge is -2.26. The predicted octanol–water partition coefficient (Wildman–Crippen LogP) is 1.69. The number of rotatable bonds is 1. The van der Waals surface area contributed by atoms with Gasteiger partial charge in [-0.3, -0.25) is 0 Å². The Morgan fingerprint density at radius 1 is 1.38 bits per heavy atom. The molecule has 0 spiro atoms. The van der Waals surface area contributed by atoms with Gasteiger partial charge in [0.25, 0.3) is 0 Å². The van der Waals surface area contributed by atoms with Gasteiger partial charge in [-0.15, -0.1) is 0 Å². The molecule has 0 aromatic heterocycles. The molecule has 0 aromatic rings. The number of aldehydes is 1. The molecule has 0 N–H and O–H groups in total. The summed E-state index contributed by atoms with van der Waals surface area (Å²) in [6.45, 7) is 8.87. The Morgan fingerprint density at radius 3 is 2.25 bits per heavy atom. The van der Waals surface area contributed by atoms with E-state index in [0.29, 0.717) is 24.9 Å². The second kappa shape index (κ2) is 3.22. The fourth-order valence-electron chi connectivity index (χ4n) is 2.57. The van der Waals surface area contributed by atoms with Crippen molar-refractivity contribution in [1.82, 2.24) is 4.90 Å². The maximum Gasteiger partial charge on any atom is 0.410 e. The monoisotopic (exact) mass is 225 g/mol. The molecule has 1 saturated carbocycles. The summed E-state index contributed by atoms with van der Waals surface area (Å²) >= 11 is 0. The van der Waals surface area contributed by atoms with Gasteiger partial charge in [0.1, 0.15) is 11.9 Å². The van der Waals surface area contributed by atoms with Crippen molar-refractivity contribution >= 4 is 12.4 Å². The fourth-order valence-corrected chi connectivity index (χ4v) is 2.57. The SMILES string of the molecule is CC(C)(C)OC(=O)N1CC2C(C1)C2(C)C=O. The van der Waals surface area contributed by atoms with Crippen LogP contribution in [0.15, 0.2) is 0 Å². The van der Waals surface area contributed by atoms with Crippen molar-refractivity contribution in [1.29, 1.82) is 0 Å². The number of carbonyl (C=O) groups is 2. The van der Waals surface area contributed by atoms with E-state index in [1.807, 2.05) is 27.7 Å². The lowest BCUT2D eigenvalue weighted by atomic mass is 10.1. The molecule has 1 aliphatic heterocycles. The van der Waals surface area contributed by atoms with Gasteiger partial charge in [0.2, 0.25) is 0 Å². The summed E-state index contributed by atoms with van der Waals surface area (Å²) in [5, 5.41) is 0. The third kappa shape index (κ3) is 1.70. The van der Waals surface area contributed by atoms with Gasteiger partial charge >= 0.3 is 6.09 Å². The standard InChI is InChI=1S/C12H19NO3/c1-11(2,3)16-10(15)13-5-8-9(6-13)12(8,4)7-14/h7-9H,5-6H2,1-4H3. The summed E-state index contributed by atoms with van der Waals surface area (Å²) in [7, 11) is 0. The third-order valence-corrected chi connectivity index (χ3v) is 3.71. The molecule has 90 valence electrons. The molecule has 2 unspecified atom stereocenters. The van der Waals surface area contributed by atoms with E-state index in [9.17, 15) is 9.59 Å². The quantitative estimate of drug-likeness (QED) is 0.638. The van der Waals surface area contributed by atoms with Crippen LogP contribution in [0.3, 0.4) is 0 Å². The van der Waals surface area contributed by atoms with E-state index in [0.717, 1.165) is 6.29 Å². The second-order valence-electron chi connectivity index (χ2n) is 6.08. The lowest BCUT2D eigenvalue weighted by Crippen LogP contribution is -2.38. The van der Waals surface area contributed by atoms with E-state index in [2.05, 4.69) is 0 Å². The molecule has 1 aliphatic carbocycles. The number of fused-ring (bicyclic) bond motifs is 1. The number of piperidine rings is 1. The molecule has 0 radical (unpaired) electrons. The second-order valence-corrected chi connectivity index (χ2v) is 6.08. The van der Waals surface area contributed by atoms with Crippen LogP contribution in [-0.4, -0.2) is 36.0 Å². The van der Waals surface area contributed by atoms with E-state index in [1.54, 1.807) is 4.90 Å². The number of hydrogen-bond donors (Lipinski definition) is 0. The number of likely N-dealkylation sites (tertiary alicyclic amines) is 1. The molecule has 1 amide bonds. The van der Waals surface area contributed by atoms with Crippen molar-refractivity contribution in [3.63, 3.8) is 0 Å². The first-order chi connectivity index (χ1) is 7.28. The van der Waals surface area contributed by atoms with Gasteiger partial charge in [-0.1, -0.05) is 6.92 Å². The van der Waals surface area contributed by atoms with Crippen molar-refractivity contribution in [3.8, 4) is 0 Å². The lowest BCUT2D eigenvalue weighted by molar-refractivity contribution is -0.113. The molecule has 1 saturated heterocycles. The van der Waals surface area contributed by atoms with Crippen LogP contribution in [0.5, 0.6) is 0 Å². The van der Waals surface area contributed by atoms with Crippen molar-refractivity contribution in [2.75, 3.05) is 13.1 Å². The Hall–Kier alpha value is -1.06. The van der Waals surface area contributed by atoms with Crippen LogP contribution in [0.2, 0.25) is 0 Å². The van der Waals surface area contributed by atoms with Crippen LogP contribution in [0.1, 0.15) is 27.7 Å². The highest BCUT2D eigenvalue weighted by Gasteiger charge is 2.66. The minimum atomic E-state index is -0.447. The maximum absolute atomic E-state index is 11.7. The number of hydrogen-bond acceptors (Lipinski definition) is 3. The summed E-state index contributed by atoms with van der Waals surface area (Å²) in [4.78, 5) is 24.3. The zero-order valence-corrected chi connectivity index (χ0v) is 10.3. The summed E-state index contributed by atoms with van der Waals surface area (Å²) < 4.78 is 5.29. The minimum Gasteiger partial charge on any atom is -0.444 e. The maximum atomic E-state index is 11.7. The first-order valence-electron chi connectivity index (χ1n) is 5.72. The first kappa shape index (κ1) is 11.4. The van der Waals surface area contributed by atoms with E-state index < -0.39 is 5.60 Å². The van der Waals surface area contributed by atoms with Crippen LogP contribution in [0, 0.1) is 17.3 Å². The summed E-state index contributed by atoms with van der Waals surface area (Å²) in [5.41, 5.74) is -0.629. The van der Waals surface area contributed by atoms with E-state index >= 15 is 0 Å². The number of nitrogens with zero attached hydrogens (tertiary/aromatic N) is 1. The predicted molar refractivity (Wildman–Crippen MR) is 59.0 cm³/mol. The van der Waals surface area contributed by atoms with Crippen LogP contribution in [0.4, 0.5) is 4.79 Å². The van der Waals surface area contributed by atoms with Gasteiger partial charge in [-0.2, -0.15) is 0 Å². The molecule has 16 heavy (non-hydrogen) atoms. The molecule has 2 atom stereocenters. The Morgan fingerprint density at radius 2 is 1.88 bits per heavy atom. The highest BCUT2D eigenvalue weighted by atomic mass is 16.6. The van der Waals surface area contributed by atoms with E-state index in [-0.39, 0.29) is 11.5 Å². The number of ether oxygens (including phenoxy) is 1. The van der Waals surface area contributed by atoms with Gasteiger partial charge in [0, 0.05) is 18.5 Å². The molecule has 0 aromatic carbocycles. The van der Waals surface area contributed by atoms with Gasteiger partial charge < -0.3 is 14.4 Å². The summed E-state index contributed by atoms with van der Waals surface area (Å²) in [6.07, 6.45) is 0.780. The van der Waals surface area contributed by atoms with Gasteiger partial charge in [0.05, 0.1) is 0 Å². The number of carbonyl (C=O) groups excluding carboxylic acids is 2. The van der Waals surface area contributed by atoms with Crippen LogP contribution in [0.25, 0.3) is 0 Å². The van der Waals surface area contributed by atoms with Crippen molar-refractivity contribution < 1.29 is 14.3 Å². The Labute approximate surface area is 95.9 Å². The van der Waals surface area contributed by atoms with Crippen LogP contribution < -0.4 is 0 Å². The molecule has 1 heterocycles. The molecular weight excluding hydrogens is 206 g/mol. The molecule has 0 bridgehead atoms. The van der Waals surface area contributed by atoms with Gasteiger partial charge in [-0.05, 0) is 32.6 Å². The minimum absolute atomic E-state index is 0.182. The third-order valence-electron chi connectivity index (χ3n) is 3.71. The largest absolute Gasteiger partial charge is 0.444 e. The zero-order valence-electron chi connectivity index (χ0n) is 10.3. The highest BCUT2D eigenvalue weighted by Crippen LogP contribution is 2.60. The van der Waals surface area contributed by atoms with Gasteiger partial charge in [0.15, 0.2) is 0 Å². The van der Waals surface area contributed by atoms with E-state index in [4.69, 9.17) is 4.74 Å². The molecule has 2 rings (SSSR count). The topological polar surface area (TPSA) is 46.6 Å². The van der Waals surface area contributed by atoms with Crippen molar-refractivity contribution in [2.24, 2.45) is 17.3 Å². The summed E-state index contributed by atoms with van der Waals surface area (Å²) in [5.74, 6) is 0.690. The molecular formula is C12H19NO3. The Balaban J connectivity index is 1.89. The Bertz CT molecular complexity index is 320. The molecule has 4 heteroatoms. The van der Waals surface area contributed by atoms with Crippen molar-refractivity contribution in [3.05, 3.63) is 0 Å². The molecule has 2 aliphatic rings. The highest BCUT2D eigenvalue weighted by molar-refractivity contribution is 5.72. The zero-order chi connectivity index (χ0) is 12.1.